The molecular weight excluding hydrogens is 526 g/mol. The number of aromatic hydroxyl groups is 1. The molecule has 1 aromatic rings. The summed E-state index contributed by atoms with van der Waals surface area (Å²) in [5, 5.41) is 10.2. The molecule has 4 N–H and O–H groups in total. The van der Waals surface area contributed by atoms with E-state index in [1.807, 2.05) is 14.2 Å². The standard InChI is InChI=1S/C16H23N3O6S2.C2H2N2O3S/c1-26(22,23)18-9-3-2-4-13(18)7-5-12-6-8-14(15(20)10-12)19-11-16(21)17-27(19,24)25;5-1-2(6)4-8(7)3-1/h6,8,10,13,20H,2-5,7,9,11H2,1H3,(H,17,21);(H,3,5)(H,4,6). The van der Waals surface area contributed by atoms with Crippen molar-refractivity contribution in [1.82, 2.24) is 18.5 Å². The molecule has 4 rings (SSSR count). The van der Waals surface area contributed by atoms with Gasteiger partial charge in [0.25, 0.3) is 5.91 Å². The molecule has 0 spiro atoms. The van der Waals surface area contributed by atoms with E-state index in [2.05, 4.69) is 0 Å². The number of piperidine rings is 1. The summed E-state index contributed by atoms with van der Waals surface area (Å²) in [7, 11) is -7.23. The number of amides is 3. The van der Waals surface area contributed by atoms with Gasteiger partial charge in [-0.1, -0.05) is 12.5 Å². The number of anilines is 1. The first kappa shape index (κ1) is 26.8. The molecule has 3 aliphatic rings. The highest BCUT2D eigenvalue weighted by atomic mass is 32.2. The Morgan fingerprint density at radius 1 is 1.14 bits per heavy atom. The topological polar surface area (TPSA) is 199 Å². The highest BCUT2D eigenvalue weighted by molar-refractivity contribution is 7.92. The predicted molar refractivity (Wildman–Crippen MR) is 124 cm³/mol. The van der Waals surface area contributed by atoms with Gasteiger partial charge in [-0.05, 0) is 43.4 Å². The molecule has 3 fully saturated rings. The summed E-state index contributed by atoms with van der Waals surface area (Å²) >= 11 is -1.68. The number of hydrogen-bond acceptors (Lipinski definition) is 9. The number of hydrogen-bond donors (Lipinski definition) is 4. The van der Waals surface area contributed by atoms with Gasteiger partial charge in [0, 0.05) is 12.6 Å². The van der Waals surface area contributed by atoms with Gasteiger partial charge in [0.1, 0.15) is 12.3 Å². The van der Waals surface area contributed by atoms with Crippen LogP contribution in [0.25, 0.3) is 0 Å². The third-order valence-electron chi connectivity index (χ3n) is 5.47. The molecule has 1 unspecified atom stereocenters. The van der Waals surface area contributed by atoms with Crippen molar-refractivity contribution < 1.29 is 40.5 Å². The highest BCUT2D eigenvalue weighted by Gasteiger charge is 2.35. The maximum absolute atomic E-state index is 11.9. The van der Waals surface area contributed by atoms with Gasteiger partial charge in [-0.3, -0.25) is 14.4 Å². The molecule has 17 heteroatoms. The Morgan fingerprint density at radius 2 is 1.80 bits per heavy atom. The van der Waals surface area contributed by atoms with Crippen LogP contribution in [0.2, 0.25) is 0 Å². The fraction of sp³-hybridized carbons (Fsp3) is 0.500. The van der Waals surface area contributed by atoms with E-state index in [-0.39, 0.29) is 24.0 Å². The van der Waals surface area contributed by atoms with Crippen molar-refractivity contribution in [2.45, 2.75) is 38.1 Å². The molecule has 0 saturated carbocycles. The van der Waals surface area contributed by atoms with Crippen molar-refractivity contribution in [1.29, 1.82) is 0 Å². The smallest absolute Gasteiger partial charge is 0.326 e. The molecule has 0 aliphatic carbocycles. The van der Waals surface area contributed by atoms with E-state index < -0.39 is 49.1 Å². The van der Waals surface area contributed by atoms with Crippen LogP contribution in [0.1, 0.15) is 31.2 Å². The van der Waals surface area contributed by atoms with Gasteiger partial charge in [0.15, 0.2) is 0 Å². The number of nitrogens with zero attached hydrogens (tertiary/aromatic N) is 2. The SMILES string of the molecule is CS(=O)(=O)N1CCCCC1CCc1ccc(N2CC(=O)NS2(=O)=O)c(O)c1.O=C1NS(=O)NC1=O. The molecule has 0 aromatic heterocycles. The van der Waals surface area contributed by atoms with E-state index in [1.54, 1.807) is 10.4 Å². The lowest BCUT2D eigenvalue weighted by atomic mass is 9.97. The minimum Gasteiger partial charge on any atom is -0.506 e. The number of carbonyl (C=O) groups is 3. The Balaban J connectivity index is 0.000000363. The predicted octanol–water partition coefficient (Wildman–Crippen LogP) is -1.87. The zero-order valence-corrected chi connectivity index (χ0v) is 21.0. The molecule has 3 amide bonds. The van der Waals surface area contributed by atoms with Crippen LogP contribution in [0.15, 0.2) is 18.2 Å². The zero-order chi connectivity index (χ0) is 26.0. The number of sulfonamides is 1. The zero-order valence-electron chi connectivity index (χ0n) is 18.6. The third-order valence-corrected chi connectivity index (χ3v) is 8.94. The van der Waals surface area contributed by atoms with Gasteiger partial charge < -0.3 is 5.11 Å². The quantitative estimate of drug-likeness (QED) is 0.303. The van der Waals surface area contributed by atoms with E-state index >= 15 is 0 Å². The van der Waals surface area contributed by atoms with Gasteiger partial charge in [-0.2, -0.15) is 12.7 Å². The fourth-order valence-electron chi connectivity index (χ4n) is 3.92. The number of benzene rings is 1. The Morgan fingerprint density at radius 3 is 2.29 bits per heavy atom. The maximum atomic E-state index is 11.9. The first-order valence-corrected chi connectivity index (χ1v) is 14.9. The van der Waals surface area contributed by atoms with Gasteiger partial charge in [0.2, 0.25) is 21.2 Å². The summed E-state index contributed by atoms with van der Waals surface area (Å²) in [5.74, 6) is -2.58. The molecule has 3 saturated heterocycles. The summed E-state index contributed by atoms with van der Waals surface area (Å²) in [6.45, 7) is 0.155. The van der Waals surface area contributed by atoms with Crippen molar-refractivity contribution in [2.24, 2.45) is 0 Å². The molecule has 14 nitrogen and oxygen atoms in total. The van der Waals surface area contributed by atoms with Crippen LogP contribution in [-0.4, -0.2) is 73.6 Å². The minimum atomic E-state index is -3.98. The van der Waals surface area contributed by atoms with E-state index in [1.165, 1.54) is 18.4 Å². The maximum Gasteiger partial charge on any atom is 0.326 e. The van der Waals surface area contributed by atoms with Gasteiger partial charge in [-0.15, -0.1) is 0 Å². The highest BCUT2D eigenvalue weighted by Crippen LogP contribution is 2.32. The van der Waals surface area contributed by atoms with E-state index in [4.69, 9.17) is 0 Å². The lowest BCUT2D eigenvalue weighted by molar-refractivity contribution is -0.135. The van der Waals surface area contributed by atoms with Crippen LogP contribution < -0.4 is 18.5 Å². The van der Waals surface area contributed by atoms with Crippen LogP contribution >= 0.6 is 0 Å². The van der Waals surface area contributed by atoms with E-state index in [0.717, 1.165) is 29.1 Å². The average molecular weight is 552 g/mol. The van der Waals surface area contributed by atoms with Gasteiger partial charge in [-0.25, -0.2) is 31.1 Å². The Kier molecular flexibility index (Phi) is 8.03. The van der Waals surface area contributed by atoms with Crippen molar-refractivity contribution in [2.75, 3.05) is 23.7 Å². The lowest BCUT2D eigenvalue weighted by Crippen LogP contribution is -2.43. The number of phenolic OH excluding ortho intramolecular Hbond substituents is 1. The second-order valence-corrected chi connectivity index (χ2v) is 12.5. The molecule has 3 aliphatic heterocycles. The second kappa shape index (κ2) is 10.5. The first-order chi connectivity index (χ1) is 16.3. The first-order valence-electron chi connectivity index (χ1n) is 10.4. The molecule has 0 bridgehead atoms. The average Bonchev–Trinajstić information content (AvgIpc) is 3.20. The van der Waals surface area contributed by atoms with Crippen LogP contribution in [0.4, 0.5) is 5.69 Å². The largest absolute Gasteiger partial charge is 0.506 e. The number of aryl methyl sites for hydroxylation is 1. The normalized spacial score (nSPS) is 22.7. The van der Waals surface area contributed by atoms with Crippen molar-refractivity contribution in [3.8, 4) is 5.75 Å². The molecule has 35 heavy (non-hydrogen) atoms. The molecule has 3 heterocycles. The molecule has 194 valence electrons. The Hall–Kier alpha value is -2.76. The minimum absolute atomic E-state index is 0.0347. The number of phenols is 1. The molecule has 1 atom stereocenters. The fourth-order valence-corrected chi connectivity index (χ4v) is 6.87. The van der Waals surface area contributed by atoms with Crippen molar-refractivity contribution in [3.63, 3.8) is 0 Å². The number of carbonyl (C=O) groups excluding carboxylic acids is 3. The van der Waals surface area contributed by atoms with Crippen molar-refractivity contribution in [3.05, 3.63) is 23.8 Å². The Bertz CT molecular complexity index is 1250. The van der Waals surface area contributed by atoms with E-state index in [0.29, 0.717) is 19.4 Å². The van der Waals surface area contributed by atoms with Gasteiger partial charge >= 0.3 is 22.0 Å². The van der Waals surface area contributed by atoms with Crippen LogP contribution in [-0.2, 0) is 52.2 Å². The monoisotopic (exact) mass is 551 g/mol. The second-order valence-electron chi connectivity index (χ2n) is 8.05. The summed E-state index contributed by atoms with van der Waals surface area (Å²) in [5.41, 5.74) is 0.804. The van der Waals surface area contributed by atoms with Crippen LogP contribution in [0, 0.1) is 0 Å². The Labute approximate surface area is 205 Å². The summed E-state index contributed by atoms with van der Waals surface area (Å²) in [4.78, 5) is 31.5. The third kappa shape index (κ3) is 6.68. The van der Waals surface area contributed by atoms with Gasteiger partial charge in [0.05, 0.1) is 11.9 Å². The van der Waals surface area contributed by atoms with Crippen molar-refractivity contribution >= 4 is 54.8 Å². The molecule has 1 aromatic carbocycles. The van der Waals surface area contributed by atoms with Crippen LogP contribution in [0.5, 0.6) is 5.75 Å². The number of nitrogens with one attached hydrogen (secondary N) is 3. The van der Waals surface area contributed by atoms with Crippen LogP contribution in [0.3, 0.4) is 0 Å². The van der Waals surface area contributed by atoms with E-state index in [9.17, 15) is 40.5 Å². The molecular formula is C18H25N5O9S3. The number of rotatable bonds is 5. The molecule has 0 radical (unpaired) electrons. The summed E-state index contributed by atoms with van der Waals surface area (Å²) in [6.07, 6.45) is 5.03. The summed E-state index contributed by atoms with van der Waals surface area (Å²) in [6, 6.07) is 4.52. The summed E-state index contributed by atoms with van der Waals surface area (Å²) < 4.78 is 65.7. The lowest BCUT2D eigenvalue weighted by Gasteiger charge is -2.33.